The maximum absolute atomic E-state index is 3.72. The molecule has 1 N–H and O–H groups in total. The van der Waals surface area contributed by atoms with Crippen molar-refractivity contribution in [2.75, 3.05) is 25.0 Å². The monoisotopic (exact) mass is 274 g/mol. The Morgan fingerprint density at radius 3 is 2.55 bits per heavy atom. The molecule has 0 aliphatic carbocycles. The van der Waals surface area contributed by atoms with Crippen LogP contribution in [0.25, 0.3) is 0 Å². The molecule has 2 nitrogen and oxygen atoms in total. The third-order valence-electron chi connectivity index (χ3n) is 4.73. The van der Waals surface area contributed by atoms with E-state index >= 15 is 0 Å². The fraction of sp³-hybridized carbons (Fsp3) is 0.667. The standard InChI is InChI=1S/C18H30N2/c1-4-15(3)16-8-10-18(11-9-16)19-17-7-6-13-20(5-2)14-12-17/h8-11,15,17,19H,4-7,12-14H2,1-3H3. The molecule has 2 heteroatoms. The van der Waals surface area contributed by atoms with E-state index in [0.29, 0.717) is 12.0 Å². The van der Waals surface area contributed by atoms with Crippen molar-refractivity contribution in [1.29, 1.82) is 0 Å². The summed E-state index contributed by atoms with van der Waals surface area (Å²) in [6.07, 6.45) is 5.09. The van der Waals surface area contributed by atoms with E-state index in [-0.39, 0.29) is 0 Å². The fourth-order valence-electron chi connectivity index (χ4n) is 3.00. The topological polar surface area (TPSA) is 15.3 Å². The van der Waals surface area contributed by atoms with Crippen molar-refractivity contribution in [3.8, 4) is 0 Å². The van der Waals surface area contributed by atoms with Crippen molar-refractivity contribution in [2.45, 2.75) is 58.4 Å². The molecule has 2 atom stereocenters. The molecule has 1 aliphatic rings. The molecule has 1 heterocycles. The molecule has 0 amide bonds. The Kier molecular flexibility index (Phi) is 5.90. The van der Waals surface area contributed by atoms with Crippen LogP contribution < -0.4 is 5.32 Å². The Bertz CT molecular complexity index is 385. The first-order valence-corrected chi connectivity index (χ1v) is 8.31. The number of rotatable bonds is 5. The minimum atomic E-state index is 0.640. The molecule has 1 aromatic rings. The molecule has 2 rings (SSSR count). The average molecular weight is 274 g/mol. The molecule has 0 aromatic heterocycles. The smallest absolute Gasteiger partial charge is 0.0342 e. The van der Waals surface area contributed by atoms with Gasteiger partial charge in [0.1, 0.15) is 0 Å². The van der Waals surface area contributed by atoms with Crippen LogP contribution in [0, 0.1) is 0 Å². The predicted molar refractivity (Wildman–Crippen MR) is 88.5 cm³/mol. The summed E-state index contributed by atoms with van der Waals surface area (Å²) >= 11 is 0. The lowest BCUT2D eigenvalue weighted by Crippen LogP contribution is -2.26. The maximum atomic E-state index is 3.72. The molecule has 0 radical (unpaired) electrons. The largest absolute Gasteiger partial charge is 0.382 e. The zero-order chi connectivity index (χ0) is 14.4. The predicted octanol–water partition coefficient (Wildman–Crippen LogP) is 4.49. The zero-order valence-electron chi connectivity index (χ0n) is 13.4. The number of hydrogen-bond donors (Lipinski definition) is 1. The van der Waals surface area contributed by atoms with E-state index in [1.54, 1.807) is 0 Å². The van der Waals surface area contributed by atoms with E-state index < -0.39 is 0 Å². The van der Waals surface area contributed by atoms with Crippen molar-refractivity contribution in [3.05, 3.63) is 29.8 Å². The third-order valence-corrected chi connectivity index (χ3v) is 4.73. The van der Waals surface area contributed by atoms with Gasteiger partial charge < -0.3 is 10.2 Å². The van der Waals surface area contributed by atoms with Gasteiger partial charge in [-0.25, -0.2) is 0 Å². The number of anilines is 1. The van der Waals surface area contributed by atoms with Gasteiger partial charge >= 0.3 is 0 Å². The van der Waals surface area contributed by atoms with Crippen molar-refractivity contribution >= 4 is 5.69 Å². The average Bonchev–Trinajstić information content (AvgIpc) is 2.72. The summed E-state index contributed by atoms with van der Waals surface area (Å²) in [6, 6.07) is 9.71. The SMILES string of the molecule is CCC(C)c1ccc(NC2CCCN(CC)CC2)cc1. The van der Waals surface area contributed by atoms with Crippen molar-refractivity contribution in [1.82, 2.24) is 4.90 Å². The molecule has 0 bridgehead atoms. The van der Waals surface area contributed by atoms with E-state index in [0.717, 1.165) is 0 Å². The summed E-state index contributed by atoms with van der Waals surface area (Å²) in [5.41, 5.74) is 2.74. The molecule has 1 aliphatic heterocycles. The van der Waals surface area contributed by atoms with E-state index in [1.165, 1.54) is 56.6 Å². The Labute approximate surface area is 124 Å². The second kappa shape index (κ2) is 7.68. The van der Waals surface area contributed by atoms with Crippen LogP contribution >= 0.6 is 0 Å². The van der Waals surface area contributed by atoms with Crippen molar-refractivity contribution in [3.63, 3.8) is 0 Å². The number of nitrogens with zero attached hydrogens (tertiary/aromatic N) is 1. The van der Waals surface area contributed by atoms with Gasteiger partial charge in [0, 0.05) is 18.3 Å². The molecule has 2 unspecified atom stereocenters. The number of nitrogens with one attached hydrogen (secondary N) is 1. The van der Waals surface area contributed by atoms with Gasteiger partial charge in [-0.05, 0) is 62.4 Å². The molecule has 0 spiro atoms. The van der Waals surface area contributed by atoms with E-state index in [1.807, 2.05) is 0 Å². The van der Waals surface area contributed by atoms with Crippen LogP contribution in [0.15, 0.2) is 24.3 Å². The molecule has 1 fully saturated rings. The Morgan fingerprint density at radius 1 is 1.15 bits per heavy atom. The van der Waals surface area contributed by atoms with Crippen molar-refractivity contribution < 1.29 is 0 Å². The van der Waals surface area contributed by atoms with Crippen LogP contribution in [0.1, 0.15) is 57.9 Å². The molecule has 112 valence electrons. The lowest BCUT2D eigenvalue weighted by atomic mass is 9.98. The lowest BCUT2D eigenvalue weighted by molar-refractivity contribution is 0.300. The minimum Gasteiger partial charge on any atom is -0.382 e. The van der Waals surface area contributed by atoms with Crippen LogP contribution in [-0.4, -0.2) is 30.6 Å². The summed E-state index contributed by atoms with van der Waals surface area (Å²) in [6.45, 7) is 10.5. The van der Waals surface area contributed by atoms with Gasteiger partial charge in [0.05, 0.1) is 0 Å². The molecular formula is C18H30N2. The zero-order valence-corrected chi connectivity index (χ0v) is 13.4. The first-order chi connectivity index (χ1) is 9.72. The summed E-state index contributed by atoms with van der Waals surface area (Å²) in [4.78, 5) is 2.56. The highest BCUT2D eigenvalue weighted by atomic mass is 15.1. The van der Waals surface area contributed by atoms with E-state index in [2.05, 4.69) is 55.3 Å². The number of hydrogen-bond acceptors (Lipinski definition) is 2. The van der Waals surface area contributed by atoms with Crippen LogP contribution in [0.4, 0.5) is 5.69 Å². The molecule has 1 aromatic carbocycles. The summed E-state index contributed by atoms with van der Waals surface area (Å²) in [5, 5.41) is 3.72. The second-order valence-corrected chi connectivity index (χ2v) is 6.14. The molecular weight excluding hydrogens is 244 g/mol. The maximum Gasteiger partial charge on any atom is 0.0342 e. The number of likely N-dealkylation sites (tertiary alicyclic amines) is 1. The van der Waals surface area contributed by atoms with Gasteiger partial charge in [0.2, 0.25) is 0 Å². The first-order valence-electron chi connectivity index (χ1n) is 8.31. The first kappa shape index (κ1) is 15.4. The van der Waals surface area contributed by atoms with Crippen LogP contribution in [0.5, 0.6) is 0 Å². The third kappa shape index (κ3) is 4.24. The highest BCUT2D eigenvalue weighted by Gasteiger charge is 2.15. The van der Waals surface area contributed by atoms with Crippen molar-refractivity contribution in [2.24, 2.45) is 0 Å². The molecule has 20 heavy (non-hydrogen) atoms. The summed E-state index contributed by atoms with van der Waals surface area (Å²) < 4.78 is 0. The Balaban J connectivity index is 1.89. The van der Waals surface area contributed by atoms with Gasteiger partial charge in [-0.3, -0.25) is 0 Å². The highest BCUT2D eigenvalue weighted by Crippen LogP contribution is 2.22. The van der Waals surface area contributed by atoms with Crippen LogP contribution in [-0.2, 0) is 0 Å². The summed E-state index contributed by atoms with van der Waals surface area (Å²) in [7, 11) is 0. The van der Waals surface area contributed by atoms with Gasteiger partial charge in [0.25, 0.3) is 0 Å². The second-order valence-electron chi connectivity index (χ2n) is 6.14. The van der Waals surface area contributed by atoms with Gasteiger partial charge in [-0.2, -0.15) is 0 Å². The van der Waals surface area contributed by atoms with E-state index in [4.69, 9.17) is 0 Å². The Hall–Kier alpha value is -1.02. The van der Waals surface area contributed by atoms with Gasteiger partial charge in [-0.1, -0.05) is 32.9 Å². The minimum absolute atomic E-state index is 0.640. The normalized spacial score (nSPS) is 22.2. The van der Waals surface area contributed by atoms with E-state index in [9.17, 15) is 0 Å². The quantitative estimate of drug-likeness (QED) is 0.851. The van der Waals surface area contributed by atoms with Gasteiger partial charge in [-0.15, -0.1) is 0 Å². The lowest BCUT2D eigenvalue weighted by Gasteiger charge is -2.19. The number of benzene rings is 1. The Morgan fingerprint density at radius 2 is 1.90 bits per heavy atom. The fourth-order valence-corrected chi connectivity index (χ4v) is 3.00. The highest BCUT2D eigenvalue weighted by molar-refractivity contribution is 5.46. The van der Waals surface area contributed by atoms with Crippen LogP contribution in [0.2, 0.25) is 0 Å². The molecule has 1 saturated heterocycles. The van der Waals surface area contributed by atoms with Gasteiger partial charge in [0.15, 0.2) is 0 Å². The van der Waals surface area contributed by atoms with Crippen LogP contribution in [0.3, 0.4) is 0 Å². The molecule has 0 saturated carbocycles. The summed E-state index contributed by atoms with van der Waals surface area (Å²) in [5.74, 6) is 0.667.